The number of hydrogen-bond acceptors (Lipinski definition) is 12. The lowest BCUT2D eigenvalue weighted by molar-refractivity contribution is -0.137. The van der Waals surface area contributed by atoms with E-state index in [0.29, 0.717) is 11.6 Å². The number of pyridine rings is 1. The van der Waals surface area contributed by atoms with Crippen LogP contribution in [0.2, 0.25) is 0 Å². The van der Waals surface area contributed by atoms with Crippen LogP contribution >= 0.6 is 0 Å². The van der Waals surface area contributed by atoms with Crippen LogP contribution in [0.25, 0.3) is 32.8 Å². The van der Waals surface area contributed by atoms with Crippen molar-refractivity contribution in [1.29, 1.82) is 0 Å². The topological polar surface area (TPSA) is 268 Å². The molecule has 6 aromatic rings. The smallest absolute Gasteiger partial charge is 0.344 e. The highest BCUT2D eigenvalue weighted by Gasteiger charge is 2.36. The van der Waals surface area contributed by atoms with Crippen molar-refractivity contribution in [3.05, 3.63) is 124 Å². The second kappa shape index (κ2) is 14.4. The van der Waals surface area contributed by atoms with Crippen LogP contribution in [0.15, 0.2) is 110 Å². The van der Waals surface area contributed by atoms with E-state index in [1.165, 1.54) is 24.3 Å². The Kier molecular flexibility index (Phi) is 9.82. The van der Waals surface area contributed by atoms with E-state index >= 15 is 0 Å². The van der Waals surface area contributed by atoms with Crippen molar-refractivity contribution in [3.8, 4) is 11.1 Å². The standard InChI is InChI=1S/C38H28N2O14S3/c41-30(42)13-6-16-55(46,47)22-14-15-26(28(17-22)56(48,49)50)39-27-18-29(57(51,52)53)35-33-31(24-11-3-4-12-25(24)36(43)32(27)33)34(37(44)40-35)38(45)54-19-21-9-5-8-20-7-1-2-10-23(20)21/h1-5,7-12,14-15,17-18,39H,6,13,16,19H2,(H,40,44)(H,41,42)(H,48,49,50)(H,51,52,53). The summed E-state index contributed by atoms with van der Waals surface area (Å²) in [5.41, 5.74) is -3.50. The largest absolute Gasteiger partial charge is 0.481 e. The highest BCUT2D eigenvalue weighted by molar-refractivity contribution is 7.91. The zero-order chi connectivity index (χ0) is 41.0. The summed E-state index contributed by atoms with van der Waals surface area (Å²) in [6, 6.07) is 21.5. The van der Waals surface area contributed by atoms with Crippen LogP contribution < -0.4 is 10.9 Å². The third-order valence-electron chi connectivity index (χ3n) is 9.31. The zero-order valence-corrected chi connectivity index (χ0v) is 31.5. The van der Waals surface area contributed by atoms with Gasteiger partial charge in [-0.3, -0.25) is 23.5 Å². The number of carbonyl (C=O) groups excluding carboxylic acids is 2. The Morgan fingerprint density at radius 3 is 2.11 bits per heavy atom. The molecule has 5 N–H and O–H groups in total. The number of H-pyrrole nitrogens is 1. The van der Waals surface area contributed by atoms with E-state index in [-0.39, 0.29) is 35.1 Å². The number of rotatable bonds is 12. The van der Waals surface area contributed by atoms with E-state index in [4.69, 9.17) is 9.84 Å². The number of carbonyl (C=O) groups is 3. The van der Waals surface area contributed by atoms with Gasteiger partial charge < -0.3 is 20.1 Å². The number of benzene rings is 5. The van der Waals surface area contributed by atoms with Crippen LogP contribution in [-0.4, -0.2) is 67.9 Å². The van der Waals surface area contributed by atoms with E-state index < -0.39 is 108 Å². The second-order valence-electron chi connectivity index (χ2n) is 12.9. The molecule has 19 heteroatoms. The number of ketones is 1. The van der Waals surface area contributed by atoms with Crippen molar-refractivity contribution in [3.63, 3.8) is 0 Å². The highest BCUT2D eigenvalue weighted by atomic mass is 32.2. The molecule has 5 aromatic carbocycles. The molecule has 292 valence electrons. The molecule has 0 atom stereocenters. The summed E-state index contributed by atoms with van der Waals surface area (Å²) >= 11 is 0. The van der Waals surface area contributed by atoms with Gasteiger partial charge in [-0.15, -0.1) is 0 Å². The number of aromatic amines is 1. The van der Waals surface area contributed by atoms with E-state index in [1.54, 1.807) is 18.2 Å². The summed E-state index contributed by atoms with van der Waals surface area (Å²) in [6.07, 6.45) is -0.816. The molecule has 16 nitrogen and oxygen atoms in total. The van der Waals surface area contributed by atoms with Crippen molar-refractivity contribution < 1.29 is 58.6 Å². The summed E-state index contributed by atoms with van der Waals surface area (Å²) in [5, 5.41) is 12.7. The van der Waals surface area contributed by atoms with Gasteiger partial charge in [-0.1, -0.05) is 66.7 Å². The van der Waals surface area contributed by atoms with Crippen molar-refractivity contribution in [1.82, 2.24) is 4.98 Å². The molecule has 1 aliphatic rings. The number of ether oxygens (including phenoxy) is 1. The van der Waals surface area contributed by atoms with Gasteiger partial charge in [0, 0.05) is 22.9 Å². The Morgan fingerprint density at radius 1 is 0.737 bits per heavy atom. The first kappa shape index (κ1) is 39.0. The minimum atomic E-state index is -5.28. The molecule has 1 aromatic heterocycles. The highest BCUT2D eigenvalue weighted by Crippen LogP contribution is 2.46. The molecule has 1 heterocycles. The summed E-state index contributed by atoms with van der Waals surface area (Å²) in [6.45, 7) is -0.300. The number of hydrogen-bond donors (Lipinski definition) is 5. The van der Waals surface area contributed by atoms with E-state index in [9.17, 15) is 53.5 Å². The first-order chi connectivity index (χ1) is 26.9. The number of carboxylic acid groups (broad SMARTS) is 1. The molecular formula is C38H28N2O14S3. The Morgan fingerprint density at radius 2 is 1.40 bits per heavy atom. The third kappa shape index (κ3) is 7.29. The normalized spacial score (nSPS) is 12.7. The fourth-order valence-electron chi connectivity index (χ4n) is 6.81. The lowest BCUT2D eigenvalue weighted by Crippen LogP contribution is -2.26. The quantitative estimate of drug-likeness (QED) is 0.0789. The summed E-state index contributed by atoms with van der Waals surface area (Å²) in [5.74, 6) is -3.91. The summed E-state index contributed by atoms with van der Waals surface area (Å²) < 4.78 is 103. The van der Waals surface area contributed by atoms with Crippen molar-refractivity contribution in [2.45, 2.75) is 34.1 Å². The average Bonchev–Trinajstić information content (AvgIpc) is 3.14. The minimum absolute atomic E-state index is 0.0257. The third-order valence-corrected chi connectivity index (χ3v) is 12.9. The molecule has 0 saturated heterocycles. The van der Waals surface area contributed by atoms with Gasteiger partial charge >= 0.3 is 11.9 Å². The van der Waals surface area contributed by atoms with Crippen LogP contribution in [0.1, 0.15) is 44.7 Å². The number of aliphatic carboxylic acids is 1. The van der Waals surface area contributed by atoms with Crippen molar-refractivity contribution in [2.24, 2.45) is 0 Å². The first-order valence-corrected chi connectivity index (χ1v) is 21.3. The lowest BCUT2D eigenvalue weighted by Gasteiger charge is -2.25. The molecule has 0 unspecified atom stereocenters. The second-order valence-corrected chi connectivity index (χ2v) is 17.8. The van der Waals surface area contributed by atoms with Gasteiger partial charge in [-0.25, -0.2) is 13.2 Å². The SMILES string of the molecule is O=C(O)CCCS(=O)(=O)c1ccc(Nc2cc(S(=O)(=O)O)c3[nH]c(=O)c(C(=O)OCc4cccc5ccccc45)c4c3c2C(=O)c2ccccc2-4)c(S(=O)(=O)O)c1. The first-order valence-electron chi connectivity index (χ1n) is 16.7. The van der Waals surface area contributed by atoms with Gasteiger partial charge in [-0.05, 0) is 52.6 Å². The van der Waals surface area contributed by atoms with Crippen LogP contribution in [-0.2, 0) is 46.2 Å². The predicted octanol–water partition coefficient (Wildman–Crippen LogP) is 5.13. The Bertz CT molecular complexity index is 3130. The zero-order valence-electron chi connectivity index (χ0n) is 29.0. The van der Waals surface area contributed by atoms with Crippen LogP contribution in [0.3, 0.4) is 0 Å². The van der Waals surface area contributed by atoms with Crippen molar-refractivity contribution >= 4 is 80.8 Å². The van der Waals surface area contributed by atoms with Gasteiger partial charge in [0.2, 0.25) is 0 Å². The molecule has 0 fully saturated rings. The minimum Gasteiger partial charge on any atom is -0.481 e. The number of sulfone groups is 1. The van der Waals surface area contributed by atoms with Gasteiger partial charge in [0.25, 0.3) is 25.8 Å². The van der Waals surface area contributed by atoms with Gasteiger partial charge in [0.1, 0.15) is 22.0 Å². The fraction of sp³-hybridized carbons (Fsp3) is 0.105. The number of fused-ring (bicyclic) bond motifs is 3. The van der Waals surface area contributed by atoms with Gasteiger partial charge in [0.15, 0.2) is 15.6 Å². The van der Waals surface area contributed by atoms with Crippen LogP contribution in [0, 0.1) is 0 Å². The van der Waals surface area contributed by atoms with Gasteiger partial charge in [0.05, 0.1) is 33.1 Å². The lowest BCUT2D eigenvalue weighted by atomic mass is 9.81. The van der Waals surface area contributed by atoms with Crippen LogP contribution in [0.4, 0.5) is 11.4 Å². The molecule has 0 aliphatic heterocycles. The van der Waals surface area contributed by atoms with Crippen molar-refractivity contribution in [2.75, 3.05) is 11.1 Å². The maximum atomic E-state index is 14.3. The molecule has 1 aliphatic carbocycles. The molecule has 0 saturated carbocycles. The Balaban J connectivity index is 1.43. The summed E-state index contributed by atoms with van der Waals surface area (Å²) in [4.78, 5) is 52.7. The number of carboxylic acids is 1. The number of anilines is 2. The maximum absolute atomic E-state index is 14.3. The molecule has 57 heavy (non-hydrogen) atoms. The molecule has 0 radical (unpaired) electrons. The number of esters is 1. The Labute approximate surface area is 323 Å². The fourth-order valence-corrected chi connectivity index (χ4v) is 9.56. The maximum Gasteiger partial charge on any atom is 0.344 e. The van der Waals surface area contributed by atoms with Crippen LogP contribution in [0.5, 0.6) is 0 Å². The number of aromatic nitrogens is 1. The molecule has 0 spiro atoms. The molecule has 0 amide bonds. The average molecular weight is 833 g/mol. The van der Waals surface area contributed by atoms with E-state index in [1.807, 2.05) is 24.3 Å². The monoisotopic (exact) mass is 832 g/mol. The van der Waals surface area contributed by atoms with E-state index in [0.717, 1.165) is 29.0 Å². The molecular weight excluding hydrogens is 805 g/mol. The predicted molar refractivity (Wildman–Crippen MR) is 205 cm³/mol. The molecule has 0 bridgehead atoms. The van der Waals surface area contributed by atoms with E-state index in [2.05, 4.69) is 10.3 Å². The van der Waals surface area contributed by atoms with Gasteiger partial charge in [-0.2, -0.15) is 16.8 Å². The number of nitrogens with one attached hydrogen (secondary N) is 2. The summed E-state index contributed by atoms with van der Waals surface area (Å²) in [7, 11) is -14.9. The Hall–Kier alpha value is -6.25. The molecule has 7 rings (SSSR count).